The van der Waals surface area contributed by atoms with E-state index in [1.54, 1.807) is 6.08 Å². The molecule has 2 aliphatic rings. The lowest BCUT2D eigenvalue weighted by atomic mass is 9.97. The zero-order valence-corrected chi connectivity index (χ0v) is 59.4. The lowest BCUT2D eigenvalue weighted by Gasteiger charge is -2.46. The van der Waals surface area contributed by atoms with Crippen LogP contribution in [-0.4, -0.2) is 140 Å². The maximum Gasteiger partial charge on any atom is 0.220 e. The number of ether oxygens (including phenoxy) is 4. The van der Waals surface area contributed by atoms with Crippen molar-refractivity contribution in [2.75, 3.05) is 19.8 Å². The molecule has 2 aliphatic heterocycles. The van der Waals surface area contributed by atoms with Crippen LogP contribution in [0.15, 0.2) is 97.2 Å². The number of hydrogen-bond donors (Lipinski definition) is 9. The molecule has 2 saturated heterocycles. The Labute approximate surface area is 573 Å². The number of aliphatic hydroxyl groups excluding tert-OH is 8. The fourth-order valence-electron chi connectivity index (χ4n) is 12.2. The summed E-state index contributed by atoms with van der Waals surface area (Å²) in [7, 11) is 0. The van der Waals surface area contributed by atoms with E-state index >= 15 is 0 Å². The van der Waals surface area contributed by atoms with Gasteiger partial charge in [-0.3, -0.25) is 4.79 Å². The van der Waals surface area contributed by atoms with Crippen LogP contribution < -0.4 is 5.32 Å². The molecule has 0 bridgehead atoms. The molecule has 2 rings (SSSR count). The van der Waals surface area contributed by atoms with Gasteiger partial charge in [-0.15, -0.1) is 0 Å². The van der Waals surface area contributed by atoms with E-state index in [2.05, 4.69) is 104 Å². The number of amides is 1. The van der Waals surface area contributed by atoms with Crippen LogP contribution in [0.5, 0.6) is 0 Å². The van der Waals surface area contributed by atoms with Crippen molar-refractivity contribution in [3.8, 4) is 0 Å². The van der Waals surface area contributed by atoms with Crippen molar-refractivity contribution in [2.45, 2.75) is 383 Å². The Morgan fingerprint density at radius 1 is 0.394 bits per heavy atom. The van der Waals surface area contributed by atoms with Gasteiger partial charge in [-0.2, -0.15) is 0 Å². The van der Waals surface area contributed by atoms with Crippen molar-refractivity contribution in [1.29, 1.82) is 0 Å². The zero-order chi connectivity index (χ0) is 68.0. The molecule has 14 heteroatoms. The van der Waals surface area contributed by atoms with Gasteiger partial charge in [0.25, 0.3) is 0 Å². The summed E-state index contributed by atoms with van der Waals surface area (Å²) in [5.74, 6) is -0.247. The minimum atomic E-state index is -1.79. The van der Waals surface area contributed by atoms with Crippen LogP contribution in [0.3, 0.4) is 0 Å². The van der Waals surface area contributed by atoms with Gasteiger partial charge in [-0.1, -0.05) is 317 Å². The third kappa shape index (κ3) is 46.2. The molecule has 94 heavy (non-hydrogen) atoms. The Morgan fingerprint density at radius 3 is 1.17 bits per heavy atom. The molecule has 0 spiro atoms. The van der Waals surface area contributed by atoms with Crippen molar-refractivity contribution in [1.82, 2.24) is 5.32 Å². The molecule has 12 unspecified atom stereocenters. The Morgan fingerprint density at radius 2 is 0.745 bits per heavy atom. The van der Waals surface area contributed by atoms with Crippen LogP contribution in [0.2, 0.25) is 0 Å². The first-order valence-corrected chi connectivity index (χ1v) is 38.5. The lowest BCUT2D eigenvalue weighted by Crippen LogP contribution is -2.65. The molecule has 0 aromatic rings. The number of carbonyl (C=O) groups is 1. The molecule has 12 atom stereocenters. The highest BCUT2D eigenvalue weighted by Gasteiger charge is 2.51. The molecule has 0 aliphatic carbocycles. The molecule has 2 heterocycles. The SMILES string of the molecule is CC/C=C\C/C=C\C/C=C\C/C=C\C/C=C\C/C=C\CCCCCCCCCCCCCCCCCCCCC(=O)NC(COC1OC(CO)C(OC2OC(CO)C(O)C(O)C2O)C(O)C1O)C(O)/C=C/CC/C=C/CCCCCCCCCCCCCCCCCCC. The maximum atomic E-state index is 13.4. The Kier molecular flexibility index (Phi) is 58.6. The second-order valence-electron chi connectivity index (χ2n) is 26.7. The zero-order valence-electron chi connectivity index (χ0n) is 59.4. The van der Waals surface area contributed by atoms with E-state index in [0.29, 0.717) is 12.8 Å². The highest BCUT2D eigenvalue weighted by molar-refractivity contribution is 5.76. The van der Waals surface area contributed by atoms with E-state index in [-0.39, 0.29) is 18.9 Å². The van der Waals surface area contributed by atoms with Crippen molar-refractivity contribution in [3.63, 3.8) is 0 Å². The lowest BCUT2D eigenvalue weighted by molar-refractivity contribution is -0.359. The molecular weight excluding hydrogens is 1180 g/mol. The average Bonchev–Trinajstić information content (AvgIpc) is 0.794. The molecule has 0 aromatic carbocycles. The van der Waals surface area contributed by atoms with E-state index in [1.165, 1.54) is 205 Å². The summed E-state index contributed by atoms with van der Waals surface area (Å²) in [5, 5.41) is 87.6. The first-order valence-electron chi connectivity index (χ1n) is 38.5. The van der Waals surface area contributed by atoms with E-state index in [0.717, 1.165) is 70.6 Å². The Balaban J connectivity index is 1.62. The highest BCUT2D eigenvalue weighted by atomic mass is 16.7. The van der Waals surface area contributed by atoms with E-state index in [4.69, 9.17) is 18.9 Å². The van der Waals surface area contributed by atoms with E-state index in [9.17, 15) is 45.6 Å². The first-order chi connectivity index (χ1) is 46.1. The summed E-state index contributed by atoms with van der Waals surface area (Å²) in [6.45, 7) is 2.70. The summed E-state index contributed by atoms with van der Waals surface area (Å²) < 4.78 is 22.9. The van der Waals surface area contributed by atoms with Crippen LogP contribution >= 0.6 is 0 Å². The molecule has 0 saturated carbocycles. The highest BCUT2D eigenvalue weighted by Crippen LogP contribution is 2.30. The number of aliphatic hydroxyl groups is 8. The summed E-state index contributed by atoms with van der Waals surface area (Å²) in [6, 6.07) is -0.936. The fraction of sp³-hybridized carbons (Fsp3) is 0.787. The predicted molar refractivity (Wildman–Crippen MR) is 387 cm³/mol. The van der Waals surface area contributed by atoms with Gasteiger partial charge in [-0.25, -0.2) is 0 Å². The van der Waals surface area contributed by atoms with Crippen molar-refractivity contribution < 1.29 is 64.6 Å². The topological polar surface area (TPSA) is 228 Å². The number of allylic oxidation sites excluding steroid dienone is 15. The minimum Gasteiger partial charge on any atom is -0.394 e. The van der Waals surface area contributed by atoms with Gasteiger partial charge >= 0.3 is 0 Å². The number of unbranched alkanes of at least 4 members (excludes halogenated alkanes) is 36. The summed E-state index contributed by atoms with van der Waals surface area (Å²) in [4.78, 5) is 13.4. The van der Waals surface area contributed by atoms with E-state index < -0.39 is 86.8 Å². The van der Waals surface area contributed by atoms with Crippen molar-refractivity contribution in [2.24, 2.45) is 0 Å². The Hall–Kier alpha value is -3.09. The number of hydrogen-bond acceptors (Lipinski definition) is 13. The smallest absolute Gasteiger partial charge is 0.220 e. The van der Waals surface area contributed by atoms with Crippen molar-refractivity contribution in [3.05, 3.63) is 97.2 Å². The molecule has 0 aromatic heterocycles. The summed E-state index contributed by atoms with van der Waals surface area (Å²) in [6.07, 6.45) is 73.4. The molecule has 14 nitrogen and oxygen atoms in total. The van der Waals surface area contributed by atoms with Gasteiger partial charge in [0, 0.05) is 6.42 Å². The average molecular weight is 1330 g/mol. The molecular formula is C80H141NO13. The van der Waals surface area contributed by atoms with Gasteiger partial charge in [0.2, 0.25) is 5.91 Å². The molecule has 2 fully saturated rings. The van der Waals surface area contributed by atoms with E-state index in [1.807, 2.05) is 6.08 Å². The summed E-state index contributed by atoms with van der Waals surface area (Å²) in [5.41, 5.74) is 0. The van der Waals surface area contributed by atoms with Gasteiger partial charge in [-0.05, 0) is 83.5 Å². The van der Waals surface area contributed by atoms with Gasteiger partial charge in [0.1, 0.15) is 48.8 Å². The number of rotatable bonds is 63. The molecule has 1 amide bonds. The van der Waals surface area contributed by atoms with Gasteiger partial charge in [0.15, 0.2) is 12.6 Å². The first kappa shape index (κ1) is 87.0. The normalized spacial score (nSPS) is 23.0. The van der Waals surface area contributed by atoms with Crippen LogP contribution in [-0.2, 0) is 23.7 Å². The van der Waals surface area contributed by atoms with Gasteiger partial charge < -0.3 is 65.1 Å². The number of carbonyl (C=O) groups excluding carboxylic acids is 1. The van der Waals surface area contributed by atoms with Crippen LogP contribution in [0.1, 0.15) is 309 Å². The van der Waals surface area contributed by atoms with Gasteiger partial charge in [0.05, 0.1) is 32.0 Å². The standard InChI is InChI=1S/C80H141NO13/c1-3-5-7-9-11-13-15-17-19-21-23-25-27-28-29-30-31-32-33-34-35-36-37-38-39-40-42-44-46-48-50-52-54-56-58-60-62-64-72(85)81-68(67-91-79-77(90)75(88)78(71(66-83)93-79)94-80-76(89)74(87)73(86)70(65-82)92-80)69(84)63-61-59-57-55-53-51-49-47-45-43-41-26-24-22-20-18-16-14-12-10-8-6-4-2/h5,7,11,13,17,19,23,25,28-29,31-32,53,55,61,63,68-71,73-80,82-84,86-90H,3-4,6,8-10,12,14-16,18,20-22,24,26-27,30,33-52,54,56-60,62,64-67H2,1-2H3,(H,81,85)/b7-5-,13-11-,19-17-,25-23-,29-28-,32-31-,55-53+,63-61+. The predicted octanol–water partition coefficient (Wildman–Crippen LogP) is 16.9. The second-order valence-corrected chi connectivity index (χ2v) is 26.7. The molecule has 544 valence electrons. The quantitative estimate of drug-likeness (QED) is 0.0204. The third-order valence-electron chi connectivity index (χ3n) is 18.3. The third-order valence-corrected chi connectivity index (χ3v) is 18.3. The monoisotopic (exact) mass is 1320 g/mol. The van der Waals surface area contributed by atoms with Crippen LogP contribution in [0.25, 0.3) is 0 Å². The van der Waals surface area contributed by atoms with Crippen LogP contribution in [0.4, 0.5) is 0 Å². The Bertz CT molecular complexity index is 1950. The maximum absolute atomic E-state index is 13.4. The molecule has 0 radical (unpaired) electrons. The minimum absolute atomic E-state index is 0.247. The summed E-state index contributed by atoms with van der Waals surface area (Å²) >= 11 is 0. The number of nitrogens with one attached hydrogen (secondary N) is 1. The second kappa shape index (κ2) is 63.4. The fourth-order valence-corrected chi connectivity index (χ4v) is 12.2. The van der Waals surface area contributed by atoms with Crippen molar-refractivity contribution >= 4 is 5.91 Å². The molecule has 9 N–H and O–H groups in total. The van der Waals surface area contributed by atoms with Crippen LogP contribution in [0, 0.1) is 0 Å². The largest absolute Gasteiger partial charge is 0.394 e.